The van der Waals surface area contributed by atoms with Crippen LogP contribution in [-0.2, 0) is 0 Å². The molecule has 1 spiro atoms. The fraction of sp³-hybridized carbons (Fsp3) is 0.611. The van der Waals surface area contributed by atoms with E-state index in [1.807, 2.05) is 12.1 Å². The van der Waals surface area contributed by atoms with Crippen LogP contribution < -0.4 is 4.74 Å². The van der Waals surface area contributed by atoms with Crippen LogP contribution in [0.25, 0.3) is 0 Å². The number of carbonyl (C=O) groups is 1. The lowest BCUT2D eigenvalue weighted by Gasteiger charge is -2.54. The van der Waals surface area contributed by atoms with E-state index in [4.69, 9.17) is 16.3 Å². The Morgan fingerprint density at radius 3 is 2.50 bits per heavy atom. The van der Waals surface area contributed by atoms with E-state index in [0.717, 1.165) is 0 Å². The van der Waals surface area contributed by atoms with Gasteiger partial charge in [0.15, 0.2) is 0 Å². The molecule has 0 radical (unpaired) electrons. The molecular weight excluding hydrogens is 330 g/mol. The smallest absolute Gasteiger partial charge is 0.407 e. The molecule has 0 bridgehead atoms. The first kappa shape index (κ1) is 17.4. The number of piperidine rings is 1. The summed E-state index contributed by atoms with van der Waals surface area (Å²) in [6.45, 7) is 7.06. The molecule has 0 saturated carbocycles. The van der Waals surface area contributed by atoms with Crippen LogP contribution in [0.15, 0.2) is 18.2 Å². The zero-order valence-electron chi connectivity index (χ0n) is 14.3. The summed E-state index contributed by atoms with van der Waals surface area (Å²) < 4.78 is 6.42. The quantitative estimate of drug-likeness (QED) is 0.741. The minimum absolute atomic E-state index is 0.146. The van der Waals surface area contributed by atoms with Gasteiger partial charge >= 0.3 is 6.09 Å². The molecule has 6 heteroatoms. The predicted octanol–water partition coefficient (Wildman–Crippen LogP) is 3.94. The predicted molar refractivity (Wildman–Crippen MR) is 91.5 cm³/mol. The first-order chi connectivity index (χ1) is 11.2. The molecule has 0 aromatic heterocycles. The highest BCUT2D eigenvalue weighted by Crippen LogP contribution is 2.55. The number of nitrogens with zero attached hydrogens (tertiary/aromatic N) is 1. The van der Waals surface area contributed by atoms with Gasteiger partial charge in [0.05, 0.1) is 11.1 Å². The number of hydrogen-bond donors (Lipinski definition) is 2. The minimum Gasteiger partial charge on any atom is -0.485 e. The van der Waals surface area contributed by atoms with Crippen molar-refractivity contribution >= 4 is 17.7 Å². The lowest BCUT2D eigenvalue weighted by atomic mass is 9.62. The Labute approximate surface area is 147 Å². The molecule has 5 nitrogen and oxygen atoms in total. The number of hydrogen-bond acceptors (Lipinski definition) is 3. The first-order valence-electron chi connectivity index (χ1n) is 8.29. The van der Waals surface area contributed by atoms with Crippen molar-refractivity contribution in [3.8, 4) is 5.75 Å². The summed E-state index contributed by atoms with van der Waals surface area (Å²) in [5, 5.41) is 20.8. The summed E-state index contributed by atoms with van der Waals surface area (Å²) in [5.41, 5.74) is -0.0967. The van der Waals surface area contributed by atoms with Crippen molar-refractivity contribution in [3.05, 3.63) is 28.8 Å². The second kappa shape index (κ2) is 5.81. The van der Waals surface area contributed by atoms with Crippen LogP contribution in [0.2, 0.25) is 5.02 Å². The highest BCUT2D eigenvalue weighted by molar-refractivity contribution is 6.32. The Kier molecular flexibility index (Phi) is 4.21. The molecule has 2 aliphatic heterocycles. The van der Waals surface area contributed by atoms with E-state index in [0.29, 0.717) is 42.3 Å². The van der Waals surface area contributed by atoms with E-state index >= 15 is 0 Å². The van der Waals surface area contributed by atoms with Gasteiger partial charge in [0.25, 0.3) is 0 Å². The van der Waals surface area contributed by atoms with Crippen LogP contribution in [0.5, 0.6) is 5.75 Å². The van der Waals surface area contributed by atoms with Crippen LogP contribution in [-0.4, -0.2) is 39.9 Å². The largest absolute Gasteiger partial charge is 0.485 e. The number of aliphatic hydroxyl groups is 1. The Bertz CT molecular complexity index is 647. The Hall–Kier alpha value is -1.46. The number of likely N-dealkylation sites (tertiary alicyclic amines) is 1. The van der Waals surface area contributed by atoms with Crippen LogP contribution in [0.3, 0.4) is 0 Å². The van der Waals surface area contributed by atoms with E-state index in [1.165, 1.54) is 4.90 Å². The number of para-hydroxylation sites is 1. The molecule has 2 aliphatic rings. The second-order valence-electron chi connectivity index (χ2n) is 7.88. The van der Waals surface area contributed by atoms with Crippen molar-refractivity contribution in [3.63, 3.8) is 0 Å². The molecule has 1 amide bonds. The lowest BCUT2D eigenvalue weighted by Crippen LogP contribution is -2.59. The SMILES string of the molecule is CC(C)(C)C1C(O)c2cccc(Cl)c2OC12CCN(C(=O)O)CC2. The standard InChI is InChI=1S/C18H24ClNO4/c1-17(2,3)15-13(21)11-5-4-6-12(19)14(11)24-18(15)7-9-20(10-8-18)16(22)23/h4-6,13,15,21H,7-10H2,1-3H3,(H,22,23). The lowest BCUT2D eigenvalue weighted by molar-refractivity contribution is -0.141. The zero-order chi connectivity index (χ0) is 17.7. The van der Waals surface area contributed by atoms with E-state index in [1.54, 1.807) is 6.07 Å². The fourth-order valence-electron chi connectivity index (χ4n) is 4.35. The van der Waals surface area contributed by atoms with Crippen LogP contribution >= 0.6 is 11.6 Å². The maximum Gasteiger partial charge on any atom is 0.407 e. The maximum absolute atomic E-state index is 11.2. The van der Waals surface area contributed by atoms with E-state index in [9.17, 15) is 15.0 Å². The molecule has 0 aliphatic carbocycles. The average Bonchev–Trinajstić information content (AvgIpc) is 2.48. The molecule has 2 atom stereocenters. The summed E-state index contributed by atoms with van der Waals surface area (Å²) in [6.07, 6.45) is -0.512. The number of rotatable bonds is 0. The van der Waals surface area contributed by atoms with E-state index in [2.05, 4.69) is 20.8 Å². The summed E-state index contributed by atoms with van der Waals surface area (Å²) >= 11 is 6.31. The third kappa shape index (κ3) is 2.74. The van der Waals surface area contributed by atoms with Crippen molar-refractivity contribution in [2.45, 2.75) is 45.3 Å². The van der Waals surface area contributed by atoms with Crippen molar-refractivity contribution in [2.24, 2.45) is 11.3 Å². The minimum atomic E-state index is -0.910. The monoisotopic (exact) mass is 353 g/mol. The Morgan fingerprint density at radius 2 is 1.96 bits per heavy atom. The molecule has 1 fully saturated rings. The number of halogens is 1. The van der Waals surface area contributed by atoms with Crippen LogP contribution in [0.4, 0.5) is 4.79 Å². The highest BCUT2D eigenvalue weighted by atomic mass is 35.5. The maximum atomic E-state index is 11.2. The molecular formula is C18H24ClNO4. The number of amides is 1. The van der Waals surface area contributed by atoms with E-state index in [-0.39, 0.29) is 11.3 Å². The molecule has 2 heterocycles. The molecule has 2 unspecified atom stereocenters. The number of carboxylic acid groups (broad SMARTS) is 1. The van der Waals surface area contributed by atoms with Gasteiger partial charge in [-0.25, -0.2) is 4.79 Å². The molecule has 1 aromatic carbocycles. The van der Waals surface area contributed by atoms with Gasteiger partial charge in [-0.1, -0.05) is 44.5 Å². The fourth-order valence-corrected chi connectivity index (χ4v) is 4.57. The average molecular weight is 354 g/mol. The molecule has 132 valence electrons. The molecule has 2 N–H and O–H groups in total. The van der Waals surface area contributed by atoms with Gasteiger partial charge in [-0.05, 0) is 11.5 Å². The van der Waals surface area contributed by atoms with Crippen molar-refractivity contribution in [1.29, 1.82) is 0 Å². The number of ether oxygens (including phenoxy) is 1. The third-order valence-corrected chi connectivity index (χ3v) is 5.61. The van der Waals surface area contributed by atoms with Gasteiger partial charge in [-0.15, -0.1) is 0 Å². The topological polar surface area (TPSA) is 70.0 Å². The summed E-state index contributed by atoms with van der Waals surface area (Å²) in [7, 11) is 0. The van der Waals surface area contributed by atoms with Crippen LogP contribution in [0.1, 0.15) is 45.3 Å². The summed E-state index contributed by atoms with van der Waals surface area (Å²) in [6, 6.07) is 5.42. The highest BCUT2D eigenvalue weighted by Gasteiger charge is 2.55. The first-order valence-corrected chi connectivity index (χ1v) is 8.67. The van der Waals surface area contributed by atoms with Gasteiger partial charge in [0.2, 0.25) is 0 Å². The normalized spacial score (nSPS) is 26.0. The number of fused-ring (bicyclic) bond motifs is 1. The van der Waals surface area contributed by atoms with Crippen molar-refractivity contribution in [1.82, 2.24) is 4.90 Å². The summed E-state index contributed by atoms with van der Waals surface area (Å²) in [4.78, 5) is 12.6. The number of aliphatic hydroxyl groups excluding tert-OH is 1. The van der Waals surface area contributed by atoms with Gasteiger partial charge < -0.3 is 19.8 Å². The number of benzene rings is 1. The molecule has 1 saturated heterocycles. The Balaban J connectivity index is 2.04. The second-order valence-corrected chi connectivity index (χ2v) is 8.29. The van der Waals surface area contributed by atoms with Gasteiger partial charge in [0, 0.05) is 37.4 Å². The van der Waals surface area contributed by atoms with Gasteiger partial charge in [0.1, 0.15) is 11.4 Å². The van der Waals surface area contributed by atoms with Crippen molar-refractivity contribution < 1.29 is 19.7 Å². The van der Waals surface area contributed by atoms with E-state index < -0.39 is 17.8 Å². The zero-order valence-corrected chi connectivity index (χ0v) is 15.0. The molecule has 3 rings (SSSR count). The molecule has 24 heavy (non-hydrogen) atoms. The van der Waals surface area contributed by atoms with Gasteiger partial charge in [-0.3, -0.25) is 0 Å². The third-order valence-electron chi connectivity index (χ3n) is 5.32. The van der Waals surface area contributed by atoms with Crippen molar-refractivity contribution in [2.75, 3.05) is 13.1 Å². The van der Waals surface area contributed by atoms with Crippen LogP contribution in [0, 0.1) is 11.3 Å². The molecule has 1 aromatic rings. The Morgan fingerprint density at radius 1 is 1.33 bits per heavy atom. The van der Waals surface area contributed by atoms with Gasteiger partial charge in [-0.2, -0.15) is 0 Å². The summed E-state index contributed by atoms with van der Waals surface area (Å²) in [5.74, 6) is 0.392.